The maximum Gasteiger partial charge on any atom is 0.164 e. The highest BCUT2D eigenvalue weighted by Crippen LogP contribution is 2.39. The first kappa shape index (κ1) is 26.3. The highest BCUT2D eigenvalue weighted by molar-refractivity contribution is 5.30. The van der Waals surface area contributed by atoms with Gasteiger partial charge in [-0.1, -0.05) is 51.0 Å². The molecule has 2 aliphatic rings. The zero-order valence-corrected chi connectivity index (χ0v) is 21.4. The van der Waals surface area contributed by atoms with Crippen molar-refractivity contribution in [3.63, 3.8) is 0 Å². The fourth-order valence-corrected chi connectivity index (χ4v) is 6.10. The molecule has 2 fully saturated rings. The average Bonchev–Trinajstić information content (AvgIpc) is 2.89. The van der Waals surface area contributed by atoms with Crippen LogP contribution >= 0.6 is 0 Å². The van der Waals surface area contributed by atoms with Gasteiger partial charge in [0.15, 0.2) is 11.6 Å². The molecule has 1 nitrogen and oxygen atoms in total. The van der Waals surface area contributed by atoms with E-state index in [9.17, 15) is 13.2 Å². The van der Waals surface area contributed by atoms with Crippen molar-refractivity contribution in [3.05, 3.63) is 70.0 Å². The Labute approximate surface area is 209 Å². The van der Waals surface area contributed by atoms with Crippen LogP contribution in [-0.4, -0.2) is 6.10 Å². The third-order valence-corrected chi connectivity index (χ3v) is 8.53. The molecule has 2 aromatic rings. The molecular formula is C31H41F3O. The normalized spacial score (nSPS) is 25.1. The molecule has 192 valence electrons. The van der Waals surface area contributed by atoms with Crippen LogP contribution in [-0.2, 0) is 17.8 Å². The first-order valence-electron chi connectivity index (χ1n) is 13.9. The largest absolute Gasteiger partial charge is 0.373 e. The van der Waals surface area contributed by atoms with Crippen LogP contribution in [0.5, 0.6) is 0 Å². The lowest BCUT2D eigenvalue weighted by atomic mass is 9.77. The van der Waals surface area contributed by atoms with Crippen molar-refractivity contribution in [3.8, 4) is 0 Å². The zero-order chi connectivity index (χ0) is 24.8. The lowest BCUT2D eigenvalue weighted by Crippen LogP contribution is -2.21. The van der Waals surface area contributed by atoms with E-state index in [4.69, 9.17) is 4.74 Å². The molecule has 0 atom stereocenters. The van der Waals surface area contributed by atoms with E-state index >= 15 is 0 Å². The topological polar surface area (TPSA) is 9.23 Å². The van der Waals surface area contributed by atoms with Gasteiger partial charge < -0.3 is 4.74 Å². The summed E-state index contributed by atoms with van der Waals surface area (Å²) < 4.78 is 50.5. The summed E-state index contributed by atoms with van der Waals surface area (Å²) >= 11 is 0. The maximum atomic E-state index is 14.9. The molecule has 2 aliphatic carbocycles. The second-order valence-electron chi connectivity index (χ2n) is 10.8. The van der Waals surface area contributed by atoms with Gasteiger partial charge >= 0.3 is 0 Å². The molecule has 4 rings (SSSR count). The maximum absolute atomic E-state index is 14.9. The van der Waals surface area contributed by atoms with Gasteiger partial charge in [0.05, 0.1) is 12.7 Å². The zero-order valence-electron chi connectivity index (χ0n) is 21.4. The van der Waals surface area contributed by atoms with Gasteiger partial charge in [0.25, 0.3) is 0 Å². The predicted octanol–water partition coefficient (Wildman–Crippen LogP) is 9.37. The van der Waals surface area contributed by atoms with Crippen LogP contribution in [0.25, 0.3) is 0 Å². The van der Waals surface area contributed by atoms with Gasteiger partial charge in [0.1, 0.15) is 5.82 Å². The van der Waals surface area contributed by atoms with E-state index in [0.717, 1.165) is 87.7 Å². The summed E-state index contributed by atoms with van der Waals surface area (Å²) in [5.41, 5.74) is 2.70. The van der Waals surface area contributed by atoms with Gasteiger partial charge in [-0.2, -0.15) is 0 Å². The van der Waals surface area contributed by atoms with E-state index in [0.29, 0.717) is 11.1 Å². The molecule has 0 unspecified atom stereocenters. The monoisotopic (exact) mass is 486 g/mol. The summed E-state index contributed by atoms with van der Waals surface area (Å²) in [5.74, 6) is -0.482. The van der Waals surface area contributed by atoms with E-state index in [1.165, 1.54) is 6.42 Å². The molecule has 0 N–H and O–H groups in total. The SMILES string of the molecule is CCCCc1ccc(C2CCC(OCc3ccc(C4CCC(CC)CC4)c(F)c3F)CC2)c(F)c1. The molecule has 35 heavy (non-hydrogen) atoms. The first-order valence-corrected chi connectivity index (χ1v) is 13.9. The number of ether oxygens (including phenoxy) is 1. The van der Waals surface area contributed by atoms with Crippen LogP contribution in [0, 0.1) is 23.4 Å². The predicted molar refractivity (Wildman–Crippen MR) is 136 cm³/mol. The second kappa shape index (κ2) is 12.4. The number of hydrogen-bond acceptors (Lipinski definition) is 1. The first-order chi connectivity index (χ1) is 17.0. The van der Waals surface area contributed by atoms with Crippen molar-refractivity contribution in [2.45, 2.75) is 115 Å². The number of unbranched alkanes of at least 4 members (excludes halogenated alkanes) is 1. The van der Waals surface area contributed by atoms with Crippen molar-refractivity contribution in [1.82, 2.24) is 0 Å². The van der Waals surface area contributed by atoms with Crippen LogP contribution < -0.4 is 0 Å². The van der Waals surface area contributed by atoms with E-state index in [2.05, 4.69) is 19.9 Å². The van der Waals surface area contributed by atoms with Crippen molar-refractivity contribution >= 4 is 0 Å². The molecular weight excluding hydrogens is 445 g/mol. The standard InChI is InChI=1S/C31H41F3O/c1-3-5-6-22-9-17-27(29(32)19-22)23-12-15-26(16-13-23)35-20-25-14-18-28(31(34)30(25)33)24-10-7-21(4-2)8-11-24/h9,14,17-19,21,23-24,26H,3-8,10-13,15-16,20H2,1-2H3. The minimum Gasteiger partial charge on any atom is -0.373 e. The molecule has 0 saturated heterocycles. The van der Waals surface area contributed by atoms with Gasteiger partial charge in [-0.05, 0) is 105 Å². The van der Waals surface area contributed by atoms with Gasteiger partial charge in [-0.15, -0.1) is 0 Å². The average molecular weight is 487 g/mol. The Morgan fingerprint density at radius 2 is 1.43 bits per heavy atom. The summed E-state index contributed by atoms with van der Waals surface area (Å²) in [7, 11) is 0. The summed E-state index contributed by atoms with van der Waals surface area (Å²) in [6.07, 6.45) is 11.7. The third kappa shape index (κ3) is 6.50. The Kier molecular flexibility index (Phi) is 9.33. The van der Waals surface area contributed by atoms with Crippen molar-refractivity contribution in [2.24, 2.45) is 5.92 Å². The molecule has 2 saturated carbocycles. The van der Waals surface area contributed by atoms with Crippen LogP contribution in [0.1, 0.15) is 119 Å². The van der Waals surface area contributed by atoms with Crippen molar-refractivity contribution in [2.75, 3.05) is 0 Å². The Balaban J connectivity index is 1.28. The van der Waals surface area contributed by atoms with Crippen LogP contribution in [0.2, 0.25) is 0 Å². The fraction of sp³-hybridized carbons (Fsp3) is 0.613. The lowest BCUT2D eigenvalue weighted by molar-refractivity contribution is 0.0116. The Hall–Kier alpha value is -1.81. The Morgan fingerprint density at radius 3 is 2.09 bits per heavy atom. The Morgan fingerprint density at radius 1 is 0.771 bits per heavy atom. The van der Waals surface area contributed by atoms with Gasteiger partial charge in [0, 0.05) is 5.56 Å². The summed E-state index contributed by atoms with van der Waals surface area (Å²) in [4.78, 5) is 0. The van der Waals surface area contributed by atoms with Crippen molar-refractivity contribution < 1.29 is 17.9 Å². The minimum absolute atomic E-state index is 0.00426. The van der Waals surface area contributed by atoms with E-state index in [-0.39, 0.29) is 30.4 Å². The number of halogens is 3. The molecule has 0 heterocycles. The number of rotatable bonds is 9. The minimum atomic E-state index is -0.751. The summed E-state index contributed by atoms with van der Waals surface area (Å²) in [5, 5.41) is 0. The summed E-state index contributed by atoms with van der Waals surface area (Å²) in [6.45, 7) is 4.43. The molecule has 0 aromatic heterocycles. The molecule has 0 radical (unpaired) electrons. The molecule has 0 spiro atoms. The second-order valence-corrected chi connectivity index (χ2v) is 10.8. The highest BCUT2D eigenvalue weighted by Gasteiger charge is 2.27. The molecule has 2 aromatic carbocycles. The van der Waals surface area contributed by atoms with Crippen LogP contribution in [0.3, 0.4) is 0 Å². The van der Waals surface area contributed by atoms with E-state index < -0.39 is 11.6 Å². The molecule has 4 heteroatoms. The van der Waals surface area contributed by atoms with Crippen LogP contribution in [0.4, 0.5) is 13.2 Å². The number of benzene rings is 2. The van der Waals surface area contributed by atoms with Crippen LogP contribution in [0.15, 0.2) is 30.3 Å². The quantitative estimate of drug-likeness (QED) is 0.343. The highest BCUT2D eigenvalue weighted by atomic mass is 19.2. The molecule has 0 amide bonds. The third-order valence-electron chi connectivity index (χ3n) is 8.53. The molecule has 0 aliphatic heterocycles. The van der Waals surface area contributed by atoms with E-state index in [1.54, 1.807) is 18.2 Å². The van der Waals surface area contributed by atoms with Gasteiger partial charge in [-0.25, -0.2) is 13.2 Å². The fourth-order valence-electron chi connectivity index (χ4n) is 6.10. The smallest absolute Gasteiger partial charge is 0.164 e. The van der Waals surface area contributed by atoms with Gasteiger partial charge in [0.2, 0.25) is 0 Å². The lowest BCUT2D eigenvalue weighted by Gasteiger charge is -2.30. The van der Waals surface area contributed by atoms with E-state index in [1.807, 2.05) is 6.07 Å². The molecule has 0 bridgehead atoms. The Bertz CT molecular complexity index is 956. The van der Waals surface area contributed by atoms with Gasteiger partial charge in [-0.3, -0.25) is 0 Å². The van der Waals surface area contributed by atoms with Crippen molar-refractivity contribution in [1.29, 1.82) is 0 Å². The number of hydrogen-bond donors (Lipinski definition) is 0. The summed E-state index contributed by atoms with van der Waals surface area (Å²) in [6, 6.07) is 9.20. The number of aryl methyl sites for hydroxylation is 1.